The number of carbonyl (C=O) groups excluding carboxylic acids is 1. The highest BCUT2D eigenvalue weighted by molar-refractivity contribution is 6.05. The summed E-state index contributed by atoms with van der Waals surface area (Å²) in [6, 6.07) is 10.6. The monoisotopic (exact) mass is 270 g/mol. The van der Waals surface area contributed by atoms with Gasteiger partial charge in [-0.25, -0.2) is 9.37 Å². The second kappa shape index (κ2) is 4.77. The predicted octanol–water partition coefficient (Wildman–Crippen LogP) is 3.53. The van der Waals surface area contributed by atoms with Gasteiger partial charge in [-0.05, 0) is 42.5 Å². The van der Waals surface area contributed by atoms with Crippen molar-refractivity contribution in [3.05, 3.63) is 59.7 Å². The molecule has 1 heterocycles. The third-order valence-electron chi connectivity index (χ3n) is 2.86. The Morgan fingerprint density at radius 2 is 1.95 bits per heavy atom. The van der Waals surface area contributed by atoms with Crippen molar-refractivity contribution in [1.29, 1.82) is 0 Å². The summed E-state index contributed by atoms with van der Waals surface area (Å²) in [5, 5.41) is 2.69. The summed E-state index contributed by atoms with van der Waals surface area (Å²) in [5.41, 5.74) is 2.28. The first-order chi connectivity index (χ1) is 9.61. The molecule has 1 amide bonds. The Morgan fingerprint density at radius 1 is 1.20 bits per heavy atom. The fraction of sp³-hybridized carbons (Fsp3) is 0.0667. The summed E-state index contributed by atoms with van der Waals surface area (Å²) in [4.78, 5) is 16.3. The largest absolute Gasteiger partial charge is 0.441 e. The quantitative estimate of drug-likeness (QED) is 0.775. The fourth-order valence-electron chi connectivity index (χ4n) is 1.92. The van der Waals surface area contributed by atoms with Gasteiger partial charge in [0.25, 0.3) is 5.91 Å². The van der Waals surface area contributed by atoms with Gasteiger partial charge in [-0.2, -0.15) is 0 Å². The summed E-state index contributed by atoms with van der Waals surface area (Å²) in [7, 11) is 0. The standard InChI is InChI=1S/C15H11FN2O2/c1-9-17-13-8-10(2-7-14(13)20-9)15(19)18-12-5-3-11(16)4-6-12/h2-8H,1H3,(H,18,19). The number of hydrogen-bond acceptors (Lipinski definition) is 3. The number of amides is 1. The van der Waals surface area contributed by atoms with Gasteiger partial charge in [0.2, 0.25) is 0 Å². The van der Waals surface area contributed by atoms with Crippen LogP contribution in [0.25, 0.3) is 11.1 Å². The number of aryl methyl sites for hydroxylation is 1. The van der Waals surface area contributed by atoms with Crippen molar-refractivity contribution in [3.8, 4) is 0 Å². The van der Waals surface area contributed by atoms with Crippen LogP contribution in [0.3, 0.4) is 0 Å². The molecule has 1 N–H and O–H groups in total. The van der Waals surface area contributed by atoms with Gasteiger partial charge in [0.05, 0.1) is 0 Å². The molecule has 0 bridgehead atoms. The Labute approximate surface area is 114 Å². The van der Waals surface area contributed by atoms with Crippen molar-refractivity contribution in [1.82, 2.24) is 4.98 Å². The third-order valence-corrected chi connectivity index (χ3v) is 2.86. The lowest BCUT2D eigenvalue weighted by Crippen LogP contribution is -2.11. The first-order valence-corrected chi connectivity index (χ1v) is 6.06. The second-order valence-corrected chi connectivity index (χ2v) is 4.38. The van der Waals surface area contributed by atoms with Crippen LogP contribution in [0.15, 0.2) is 46.9 Å². The smallest absolute Gasteiger partial charge is 0.255 e. The molecule has 0 aliphatic carbocycles. The van der Waals surface area contributed by atoms with Crippen LogP contribution >= 0.6 is 0 Å². The molecule has 0 radical (unpaired) electrons. The van der Waals surface area contributed by atoms with Crippen molar-refractivity contribution in [2.24, 2.45) is 0 Å². The van der Waals surface area contributed by atoms with Crippen LogP contribution in [0.4, 0.5) is 10.1 Å². The molecule has 0 saturated carbocycles. The molecule has 5 heteroatoms. The topological polar surface area (TPSA) is 55.1 Å². The average molecular weight is 270 g/mol. The Hall–Kier alpha value is -2.69. The van der Waals surface area contributed by atoms with Crippen LogP contribution in [0, 0.1) is 12.7 Å². The molecule has 0 aliphatic heterocycles. The van der Waals surface area contributed by atoms with Crippen molar-refractivity contribution >= 4 is 22.7 Å². The molecule has 2 aromatic carbocycles. The van der Waals surface area contributed by atoms with Crippen LogP contribution in [-0.2, 0) is 0 Å². The van der Waals surface area contributed by atoms with E-state index in [0.29, 0.717) is 28.2 Å². The molecule has 0 atom stereocenters. The Balaban J connectivity index is 1.86. The second-order valence-electron chi connectivity index (χ2n) is 4.38. The Kier molecular flexibility index (Phi) is 2.95. The van der Waals surface area contributed by atoms with E-state index in [9.17, 15) is 9.18 Å². The van der Waals surface area contributed by atoms with E-state index in [2.05, 4.69) is 10.3 Å². The van der Waals surface area contributed by atoms with Gasteiger partial charge in [-0.15, -0.1) is 0 Å². The van der Waals surface area contributed by atoms with Gasteiger partial charge in [-0.3, -0.25) is 4.79 Å². The molecular formula is C15H11FN2O2. The van der Waals surface area contributed by atoms with Gasteiger partial charge in [0, 0.05) is 18.2 Å². The van der Waals surface area contributed by atoms with E-state index in [4.69, 9.17) is 4.42 Å². The minimum Gasteiger partial charge on any atom is -0.441 e. The highest BCUT2D eigenvalue weighted by atomic mass is 19.1. The highest BCUT2D eigenvalue weighted by Crippen LogP contribution is 2.18. The number of hydrogen-bond donors (Lipinski definition) is 1. The van der Waals surface area contributed by atoms with E-state index in [1.54, 1.807) is 25.1 Å². The van der Waals surface area contributed by atoms with E-state index >= 15 is 0 Å². The number of carbonyl (C=O) groups is 1. The molecule has 0 spiro atoms. The number of aromatic nitrogens is 1. The van der Waals surface area contributed by atoms with Crippen LogP contribution in [0.2, 0.25) is 0 Å². The fourth-order valence-corrected chi connectivity index (χ4v) is 1.92. The zero-order valence-electron chi connectivity index (χ0n) is 10.7. The SMILES string of the molecule is Cc1nc2cc(C(=O)Nc3ccc(F)cc3)ccc2o1. The maximum absolute atomic E-state index is 12.8. The van der Waals surface area contributed by atoms with Crippen molar-refractivity contribution in [3.63, 3.8) is 0 Å². The number of anilines is 1. The third kappa shape index (κ3) is 2.38. The van der Waals surface area contributed by atoms with Crippen molar-refractivity contribution in [2.45, 2.75) is 6.92 Å². The lowest BCUT2D eigenvalue weighted by atomic mass is 10.2. The maximum atomic E-state index is 12.8. The number of benzene rings is 2. The molecule has 1 aromatic heterocycles. The molecule has 4 nitrogen and oxygen atoms in total. The molecular weight excluding hydrogens is 259 g/mol. The summed E-state index contributed by atoms with van der Waals surface area (Å²) < 4.78 is 18.1. The normalized spacial score (nSPS) is 10.7. The molecule has 0 unspecified atom stereocenters. The number of nitrogens with zero attached hydrogens (tertiary/aromatic N) is 1. The Morgan fingerprint density at radius 3 is 2.70 bits per heavy atom. The van der Waals surface area contributed by atoms with Crippen LogP contribution in [-0.4, -0.2) is 10.9 Å². The lowest BCUT2D eigenvalue weighted by molar-refractivity contribution is 0.102. The van der Waals surface area contributed by atoms with Crippen molar-refractivity contribution in [2.75, 3.05) is 5.32 Å². The molecule has 0 aliphatic rings. The van der Waals surface area contributed by atoms with Crippen LogP contribution in [0.1, 0.15) is 16.2 Å². The number of halogens is 1. The molecule has 3 rings (SSSR count). The summed E-state index contributed by atoms with van der Waals surface area (Å²) >= 11 is 0. The lowest BCUT2D eigenvalue weighted by Gasteiger charge is -2.04. The van der Waals surface area contributed by atoms with Crippen LogP contribution in [0.5, 0.6) is 0 Å². The number of fused-ring (bicyclic) bond motifs is 1. The molecule has 3 aromatic rings. The zero-order valence-corrected chi connectivity index (χ0v) is 10.7. The molecule has 0 saturated heterocycles. The molecule has 20 heavy (non-hydrogen) atoms. The molecule has 0 fully saturated rings. The summed E-state index contributed by atoms with van der Waals surface area (Å²) in [5.74, 6) is -0.0715. The molecule has 100 valence electrons. The zero-order chi connectivity index (χ0) is 14.1. The first kappa shape index (κ1) is 12.3. The number of oxazole rings is 1. The maximum Gasteiger partial charge on any atom is 0.255 e. The highest BCUT2D eigenvalue weighted by Gasteiger charge is 2.09. The van der Waals surface area contributed by atoms with Gasteiger partial charge >= 0.3 is 0 Å². The van der Waals surface area contributed by atoms with Gasteiger partial charge in [-0.1, -0.05) is 0 Å². The minimum atomic E-state index is -0.345. The summed E-state index contributed by atoms with van der Waals surface area (Å²) in [6.45, 7) is 1.75. The van der Waals surface area contributed by atoms with Crippen molar-refractivity contribution < 1.29 is 13.6 Å². The first-order valence-electron chi connectivity index (χ1n) is 6.06. The van der Waals surface area contributed by atoms with E-state index in [0.717, 1.165) is 0 Å². The predicted molar refractivity (Wildman–Crippen MR) is 73.1 cm³/mol. The minimum absolute atomic E-state index is 0.279. The van der Waals surface area contributed by atoms with Gasteiger partial charge < -0.3 is 9.73 Å². The van der Waals surface area contributed by atoms with E-state index < -0.39 is 0 Å². The van der Waals surface area contributed by atoms with Crippen LogP contribution < -0.4 is 5.32 Å². The Bertz CT molecular complexity index is 778. The summed E-state index contributed by atoms with van der Waals surface area (Å²) in [6.07, 6.45) is 0. The number of nitrogens with one attached hydrogen (secondary N) is 1. The van der Waals surface area contributed by atoms with E-state index in [1.165, 1.54) is 24.3 Å². The van der Waals surface area contributed by atoms with Gasteiger partial charge in [0.1, 0.15) is 11.3 Å². The number of rotatable bonds is 2. The van der Waals surface area contributed by atoms with Gasteiger partial charge in [0.15, 0.2) is 11.5 Å². The van der Waals surface area contributed by atoms with E-state index in [-0.39, 0.29) is 11.7 Å². The average Bonchev–Trinajstić information content (AvgIpc) is 2.80. The van der Waals surface area contributed by atoms with E-state index in [1.807, 2.05) is 0 Å².